The van der Waals surface area contributed by atoms with Crippen LogP contribution in [-0.2, 0) is 4.74 Å². The van der Waals surface area contributed by atoms with Crippen molar-refractivity contribution in [1.29, 1.82) is 5.41 Å². The first-order chi connectivity index (χ1) is 14.5. The lowest BCUT2D eigenvalue weighted by Gasteiger charge is -2.22. The fraction of sp³-hybridized carbons (Fsp3) is 0.250. The third-order valence-electron chi connectivity index (χ3n) is 4.93. The van der Waals surface area contributed by atoms with Gasteiger partial charge < -0.3 is 20.7 Å². The van der Waals surface area contributed by atoms with Gasteiger partial charge in [0.1, 0.15) is 5.82 Å². The maximum atomic E-state index is 8.78. The van der Waals surface area contributed by atoms with E-state index >= 15 is 0 Å². The molecule has 0 bridgehead atoms. The zero-order valence-corrected chi connectivity index (χ0v) is 17.8. The van der Waals surface area contributed by atoms with Crippen molar-refractivity contribution < 1.29 is 4.74 Å². The fourth-order valence-corrected chi connectivity index (χ4v) is 3.28. The summed E-state index contributed by atoms with van der Waals surface area (Å²) < 4.78 is 5.19. The van der Waals surface area contributed by atoms with Crippen LogP contribution < -0.4 is 16.0 Å². The Kier molecular flexibility index (Phi) is 7.03. The van der Waals surface area contributed by atoms with Crippen LogP contribution in [0, 0.1) is 12.3 Å². The number of benzene rings is 2. The van der Waals surface area contributed by atoms with Crippen LogP contribution in [0.1, 0.15) is 23.6 Å². The van der Waals surface area contributed by atoms with Crippen molar-refractivity contribution in [2.45, 2.75) is 13.8 Å². The van der Waals surface area contributed by atoms with E-state index in [2.05, 4.69) is 41.2 Å². The summed E-state index contributed by atoms with van der Waals surface area (Å²) in [4.78, 5) is 6.60. The second-order valence-electron chi connectivity index (χ2n) is 7.15. The van der Waals surface area contributed by atoms with Crippen LogP contribution in [0.2, 0.25) is 0 Å². The minimum Gasteiger partial charge on any atom is -0.398 e. The second-order valence-corrected chi connectivity index (χ2v) is 7.15. The molecule has 30 heavy (non-hydrogen) atoms. The third-order valence-corrected chi connectivity index (χ3v) is 4.93. The van der Waals surface area contributed by atoms with Crippen molar-refractivity contribution in [3.63, 3.8) is 0 Å². The van der Waals surface area contributed by atoms with Gasteiger partial charge in [-0.1, -0.05) is 12.1 Å². The van der Waals surface area contributed by atoms with E-state index in [4.69, 9.17) is 15.9 Å². The molecule has 0 unspecified atom stereocenters. The average molecular weight is 404 g/mol. The van der Waals surface area contributed by atoms with Gasteiger partial charge in [0, 0.05) is 54.6 Å². The van der Waals surface area contributed by atoms with E-state index in [1.165, 1.54) is 5.56 Å². The van der Waals surface area contributed by atoms with Crippen molar-refractivity contribution in [2.75, 3.05) is 42.8 Å². The molecule has 6 nitrogen and oxygen atoms in total. The molecule has 0 aliphatic heterocycles. The number of methoxy groups -OCH3 is 1. The minimum absolute atomic E-state index is 0.367. The molecular weight excluding hydrogens is 374 g/mol. The Bertz CT molecular complexity index is 1020. The van der Waals surface area contributed by atoms with Gasteiger partial charge in [0.2, 0.25) is 0 Å². The average Bonchev–Trinajstić information content (AvgIpc) is 2.75. The van der Waals surface area contributed by atoms with Crippen LogP contribution in [0.4, 0.5) is 22.9 Å². The highest BCUT2D eigenvalue weighted by atomic mass is 16.5. The van der Waals surface area contributed by atoms with E-state index in [9.17, 15) is 0 Å². The molecule has 0 saturated heterocycles. The van der Waals surface area contributed by atoms with Crippen LogP contribution in [0.5, 0.6) is 0 Å². The SMILES string of the molecule is CCN(CCOC)c1cc(C(=N)c2cc(Nc3cccc(C)c3)ccc2N)ccn1. The highest BCUT2D eigenvalue weighted by Gasteiger charge is 2.13. The first-order valence-electron chi connectivity index (χ1n) is 10.0. The topological polar surface area (TPSA) is 87.3 Å². The predicted molar refractivity (Wildman–Crippen MR) is 125 cm³/mol. The van der Waals surface area contributed by atoms with Crippen molar-refractivity contribution in [1.82, 2.24) is 4.98 Å². The Morgan fingerprint density at radius 1 is 1.13 bits per heavy atom. The molecule has 1 heterocycles. The lowest BCUT2D eigenvalue weighted by Crippen LogP contribution is -2.27. The molecule has 0 fully saturated rings. The molecule has 0 aliphatic rings. The van der Waals surface area contributed by atoms with Crippen LogP contribution in [-0.4, -0.2) is 37.5 Å². The minimum atomic E-state index is 0.367. The Morgan fingerprint density at radius 2 is 1.93 bits per heavy atom. The first-order valence-corrected chi connectivity index (χ1v) is 10.0. The molecule has 156 valence electrons. The molecule has 4 N–H and O–H groups in total. The zero-order valence-electron chi connectivity index (χ0n) is 17.8. The van der Waals surface area contributed by atoms with Crippen molar-refractivity contribution >= 4 is 28.6 Å². The van der Waals surface area contributed by atoms with Gasteiger partial charge in [-0.3, -0.25) is 5.41 Å². The van der Waals surface area contributed by atoms with Crippen LogP contribution in [0.25, 0.3) is 0 Å². The summed E-state index contributed by atoms with van der Waals surface area (Å²) in [6.45, 7) is 6.31. The van der Waals surface area contributed by atoms with Crippen molar-refractivity contribution in [3.05, 3.63) is 77.5 Å². The first kappa shape index (κ1) is 21.3. The molecule has 6 heteroatoms. The standard InChI is InChI=1S/C24H29N5O/c1-4-29(12-13-30-3)23-15-18(10-11-27-23)24(26)21-16-20(8-9-22(21)25)28-19-7-5-6-17(2)14-19/h5-11,14-16,26,28H,4,12-13,25H2,1-3H3. The third kappa shape index (κ3) is 5.15. The number of likely N-dealkylation sites (N-methyl/N-ethyl adjacent to an activating group) is 1. The number of nitrogens with two attached hydrogens (primary N) is 1. The van der Waals surface area contributed by atoms with E-state index in [1.54, 1.807) is 13.3 Å². The zero-order chi connectivity index (χ0) is 21.5. The summed E-state index contributed by atoms with van der Waals surface area (Å²) in [5.74, 6) is 0.824. The number of ether oxygens (including phenoxy) is 1. The Morgan fingerprint density at radius 3 is 2.67 bits per heavy atom. The highest BCUT2D eigenvalue weighted by Crippen LogP contribution is 2.25. The summed E-state index contributed by atoms with van der Waals surface area (Å²) in [5.41, 5.74) is 11.7. The van der Waals surface area contributed by atoms with Gasteiger partial charge in [0.15, 0.2) is 0 Å². The van der Waals surface area contributed by atoms with E-state index < -0.39 is 0 Å². The molecule has 1 aromatic heterocycles. The molecule has 3 aromatic rings. The van der Waals surface area contributed by atoms with Crippen molar-refractivity contribution in [2.24, 2.45) is 0 Å². The van der Waals surface area contributed by atoms with Crippen LogP contribution in [0.15, 0.2) is 60.8 Å². The summed E-state index contributed by atoms with van der Waals surface area (Å²) in [5, 5.41) is 12.2. The quantitative estimate of drug-likeness (QED) is 0.359. The number of nitrogens with zero attached hydrogens (tertiary/aromatic N) is 2. The van der Waals surface area contributed by atoms with Gasteiger partial charge in [-0.05, 0) is 61.9 Å². The van der Waals surface area contributed by atoms with Gasteiger partial charge in [-0.15, -0.1) is 0 Å². The van der Waals surface area contributed by atoms with E-state index in [1.807, 2.05) is 42.5 Å². The molecule has 3 rings (SSSR count). The van der Waals surface area contributed by atoms with Gasteiger partial charge >= 0.3 is 0 Å². The summed E-state index contributed by atoms with van der Waals surface area (Å²) in [7, 11) is 1.69. The number of anilines is 4. The molecule has 2 aromatic carbocycles. The maximum Gasteiger partial charge on any atom is 0.129 e. The number of aromatic nitrogens is 1. The largest absolute Gasteiger partial charge is 0.398 e. The number of aryl methyl sites for hydroxylation is 1. The molecule has 0 radical (unpaired) electrons. The number of hydrogen-bond donors (Lipinski definition) is 3. The number of pyridine rings is 1. The van der Waals surface area contributed by atoms with Crippen LogP contribution >= 0.6 is 0 Å². The Labute approximate surface area is 178 Å². The number of hydrogen-bond acceptors (Lipinski definition) is 6. The molecule has 0 spiro atoms. The predicted octanol–water partition coefficient (Wildman–Crippen LogP) is 4.60. The normalized spacial score (nSPS) is 10.6. The molecule has 0 saturated carbocycles. The molecule has 0 amide bonds. The van der Waals surface area contributed by atoms with E-state index in [0.717, 1.165) is 35.8 Å². The van der Waals surface area contributed by atoms with Gasteiger partial charge in [0.25, 0.3) is 0 Å². The molecular formula is C24H29N5O. The van der Waals surface area contributed by atoms with Gasteiger partial charge in [-0.25, -0.2) is 4.98 Å². The molecule has 0 aliphatic carbocycles. The maximum absolute atomic E-state index is 8.78. The fourth-order valence-electron chi connectivity index (χ4n) is 3.28. The van der Waals surface area contributed by atoms with Crippen molar-refractivity contribution in [3.8, 4) is 0 Å². The van der Waals surface area contributed by atoms with Gasteiger partial charge in [0.05, 0.1) is 12.3 Å². The lowest BCUT2D eigenvalue weighted by molar-refractivity contribution is 0.205. The second kappa shape index (κ2) is 9.89. The number of nitrogen functional groups attached to an aromatic ring is 1. The number of rotatable bonds is 9. The highest BCUT2D eigenvalue weighted by molar-refractivity contribution is 6.14. The lowest BCUT2D eigenvalue weighted by atomic mass is 10.0. The van der Waals surface area contributed by atoms with Gasteiger partial charge in [-0.2, -0.15) is 0 Å². The monoisotopic (exact) mass is 403 g/mol. The summed E-state index contributed by atoms with van der Waals surface area (Å²) >= 11 is 0. The van der Waals surface area contributed by atoms with Crippen LogP contribution in [0.3, 0.4) is 0 Å². The molecule has 0 atom stereocenters. The summed E-state index contributed by atoms with van der Waals surface area (Å²) in [6.07, 6.45) is 1.74. The Balaban J connectivity index is 1.86. The summed E-state index contributed by atoms with van der Waals surface area (Å²) in [6, 6.07) is 17.6. The number of nitrogens with one attached hydrogen (secondary N) is 2. The van der Waals surface area contributed by atoms with E-state index in [-0.39, 0.29) is 0 Å². The Hall–Kier alpha value is -3.38. The smallest absolute Gasteiger partial charge is 0.129 e. The van der Waals surface area contributed by atoms with E-state index in [0.29, 0.717) is 23.6 Å².